The normalized spacial score (nSPS) is 11.4. The number of rotatable bonds is 1. The first-order valence-corrected chi connectivity index (χ1v) is 2.11. The van der Waals surface area contributed by atoms with E-state index in [9.17, 15) is 4.79 Å². The van der Waals surface area contributed by atoms with Crippen LogP contribution in [0.5, 0.6) is 0 Å². The van der Waals surface area contributed by atoms with Gasteiger partial charge in [-0.15, -0.1) is 0 Å². The molecular weight excluding hydrogens is 181 g/mol. The zero-order chi connectivity index (χ0) is 5.86. The van der Waals surface area contributed by atoms with Crippen LogP contribution in [0, 0.1) is 0 Å². The molecule has 0 aliphatic rings. The van der Waals surface area contributed by atoms with Crippen LogP contribution in [0.25, 0.3) is 5.73 Å². The van der Waals surface area contributed by atoms with Crippen LogP contribution in [-0.4, -0.2) is 19.0 Å². The molecule has 0 fully saturated rings. The maximum atomic E-state index is 10.2. The van der Waals surface area contributed by atoms with Crippen molar-refractivity contribution < 1.29 is 37.5 Å². The molecule has 8 heavy (non-hydrogen) atoms. The minimum atomic E-state index is -0.634. The summed E-state index contributed by atoms with van der Waals surface area (Å²) in [7, 11) is 1.52. The van der Waals surface area contributed by atoms with E-state index in [0.29, 0.717) is 0 Å². The van der Waals surface area contributed by atoms with E-state index < -0.39 is 6.04 Å². The third-order valence-corrected chi connectivity index (χ3v) is 0.640. The summed E-state index contributed by atoms with van der Waals surface area (Å²) in [6.07, 6.45) is 0. The Hall–Kier alpha value is 0.534. The van der Waals surface area contributed by atoms with Gasteiger partial charge in [0.2, 0.25) is 5.91 Å². The quantitative estimate of drug-likeness (QED) is 0.629. The van der Waals surface area contributed by atoms with E-state index in [1.165, 1.54) is 14.0 Å². The molecule has 3 nitrogen and oxygen atoms in total. The molecule has 0 radical (unpaired) electrons. The van der Waals surface area contributed by atoms with Gasteiger partial charge in [0, 0.05) is 7.05 Å². The van der Waals surface area contributed by atoms with Gasteiger partial charge in [0.05, 0.1) is 0 Å². The molecule has 0 rings (SSSR count). The van der Waals surface area contributed by atoms with Gasteiger partial charge in [-0.2, -0.15) is 0 Å². The third kappa shape index (κ3) is 4.69. The smallest absolute Gasteiger partial charge is 0.667 e. The van der Waals surface area contributed by atoms with Gasteiger partial charge in [0.1, 0.15) is 0 Å². The Morgan fingerprint density at radius 1 is 1.75 bits per heavy atom. The van der Waals surface area contributed by atoms with Crippen LogP contribution in [0.15, 0.2) is 0 Å². The zero-order valence-electron chi connectivity index (χ0n) is 5.06. The summed E-state index contributed by atoms with van der Waals surface area (Å²) in [5, 5.41) is 2.34. The summed E-state index contributed by atoms with van der Waals surface area (Å²) in [6, 6.07) is -0.634. The van der Waals surface area contributed by atoms with Crippen molar-refractivity contribution in [2.75, 3.05) is 7.05 Å². The Kier molecular flexibility index (Phi) is 8.04. The number of carbonyl (C=O) groups is 1. The van der Waals surface area contributed by atoms with E-state index in [2.05, 4.69) is 5.32 Å². The van der Waals surface area contributed by atoms with Crippen molar-refractivity contribution in [1.29, 1.82) is 0 Å². The molecule has 1 atom stereocenters. The van der Waals surface area contributed by atoms with Gasteiger partial charge in [0.15, 0.2) is 0 Å². The van der Waals surface area contributed by atoms with Gasteiger partial charge >= 0.3 is 32.7 Å². The van der Waals surface area contributed by atoms with E-state index in [1.807, 2.05) is 0 Å². The number of carbonyl (C=O) groups excluding carboxylic acids is 1. The molecule has 42 valence electrons. The van der Waals surface area contributed by atoms with Crippen LogP contribution < -0.4 is 5.32 Å². The fraction of sp³-hybridized carbons (Fsp3) is 0.750. The average molecular weight is 190 g/mol. The standard InChI is InChI=1S/C4H9N2O.Y/c1-3(5)4(7)6-2;/h3,5H,1-2H3,(H,6,7);/q-1;+3. The van der Waals surface area contributed by atoms with Crippen LogP contribution in [0.2, 0.25) is 0 Å². The van der Waals surface area contributed by atoms with E-state index in [-0.39, 0.29) is 38.6 Å². The Labute approximate surface area is 74.3 Å². The van der Waals surface area contributed by atoms with Crippen molar-refractivity contribution in [3.8, 4) is 0 Å². The van der Waals surface area contributed by atoms with Crippen molar-refractivity contribution >= 4 is 5.91 Å². The second-order valence-electron chi connectivity index (χ2n) is 1.34. The molecule has 0 aromatic heterocycles. The molecule has 0 aliphatic carbocycles. The predicted octanol–water partition coefficient (Wildman–Crippen LogP) is 0.171. The largest absolute Gasteiger partial charge is 3.00 e. The van der Waals surface area contributed by atoms with Crippen LogP contribution in [0.1, 0.15) is 6.92 Å². The van der Waals surface area contributed by atoms with Crippen LogP contribution in [0.3, 0.4) is 0 Å². The third-order valence-electron chi connectivity index (χ3n) is 0.640. The minimum absolute atomic E-state index is 0. The number of hydrogen-bond donors (Lipinski definition) is 1. The van der Waals surface area contributed by atoms with Crippen molar-refractivity contribution in [3.63, 3.8) is 0 Å². The average Bonchev–Trinajstić information content (AvgIpc) is 1.65. The first kappa shape index (κ1) is 11.3. The molecule has 0 heterocycles. The van der Waals surface area contributed by atoms with Gasteiger partial charge in [-0.25, -0.2) is 0 Å². The van der Waals surface area contributed by atoms with Crippen molar-refractivity contribution in [3.05, 3.63) is 5.73 Å². The van der Waals surface area contributed by atoms with Crippen molar-refractivity contribution in [2.24, 2.45) is 0 Å². The van der Waals surface area contributed by atoms with Crippen molar-refractivity contribution in [1.82, 2.24) is 5.32 Å². The SMILES string of the molecule is CNC(=O)C(C)[NH-].[Y+3]. The summed E-state index contributed by atoms with van der Waals surface area (Å²) < 4.78 is 0. The second kappa shape index (κ2) is 5.67. The maximum Gasteiger partial charge on any atom is 3.00 e. The molecule has 2 N–H and O–H groups in total. The number of amides is 1. The topological polar surface area (TPSA) is 52.9 Å². The van der Waals surface area contributed by atoms with Gasteiger partial charge in [-0.1, -0.05) is 13.0 Å². The monoisotopic (exact) mass is 190 g/mol. The molecule has 0 saturated heterocycles. The molecule has 0 saturated carbocycles. The fourth-order valence-electron chi connectivity index (χ4n) is 0.217. The zero-order valence-corrected chi connectivity index (χ0v) is 7.90. The van der Waals surface area contributed by atoms with Crippen LogP contribution >= 0.6 is 0 Å². The molecule has 0 spiro atoms. The summed E-state index contributed by atoms with van der Waals surface area (Å²) >= 11 is 0. The maximum absolute atomic E-state index is 10.2. The second-order valence-corrected chi connectivity index (χ2v) is 1.34. The molecule has 0 bridgehead atoms. The Morgan fingerprint density at radius 3 is 2.12 bits per heavy atom. The van der Waals surface area contributed by atoms with Gasteiger partial charge in [0.25, 0.3) is 0 Å². The summed E-state index contributed by atoms with van der Waals surface area (Å²) in [5.74, 6) is -0.236. The Balaban J connectivity index is 0. The van der Waals surface area contributed by atoms with Gasteiger partial charge in [-0.3, -0.25) is 4.79 Å². The molecule has 1 amide bonds. The fourth-order valence-corrected chi connectivity index (χ4v) is 0.217. The molecule has 4 heteroatoms. The summed E-state index contributed by atoms with van der Waals surface area (Å²) in [4.78, 5) is 10.2. The first-order valence-electron chi connectivity index (χ1n) is 2.11. The molecule has 0 aromatic rings. The number of likely N-dealkylation sites (N-methyl/N-ethyl adjacent to an activating group) is 1. The Morgan fingerprint density at radius 2 is 2.12 bits per heavy atom. The minimum Gasteiger partial charge on any atom is -0.667 e. The van der Waals surface area contributed by atoms with Crippen molar-refractivity contribution in [2.45, 2.75) is 13.0 Å². The summed E-state index contributed by atoms with van der Waals surface area (Å²) in [6.45, 7) is 1.53. The predicted molar refractivity (Wildman–Crippen MR) is 27.9 cm³/mol. The number of hydrogen-bond acceptors (Lipinski definition) is 1. The van der Waals surface area contributed by atoms with Gasteiger partial charge < -0.3 is 11.1 Å². The van der Waals surface area contributed by atoms with Crippen LogP contribution in [-0.2, 0) is 37.5 Å². The van der Waals surface area contributed by atoms with Crippen LogP contribution in [0.4, 0.5) is 0 Å². The molecule has 0 aliphatic heterocycles. The van der Waals surface area contributed by atoms with E-state index in [4.69, 9.17) is 5.73 Å². The molecule has 1 unspecified atom stereocenters. The van der Waals surface area contributed by atoms with E-state index >= 15 is 0 Å². The number of nitrogens with one attached hydrogen (secondary N) is 2. The van der Waals surface area contributed by atoms with Gasteiger partial charge in [-0.05, 0) is 0 Å². The first-order chi connectivity index (χ1) is 3.18. The summed E-state index contributed by atoms with van der Waals surface area (Å²) in [5.41, 5.74) is 6.77. The molecule has 0 aromatic carbocycles. The molecular formula is C4H9N2OY+2. The van der Waals surface area contributed by atoms with E-state index in [1.54, 1.807) is 0 Å². The Bertz CT molecular complexity index is 74.4. The van der Waals surface area contributed by atoms with E-state index in [0.717, 1.165) is 0 Å².